The SMILES string of the molecule is Cc1ccc2oc(=O)n(CCC(=O)NCC[C@@H](C)n3ccnc3)c2c1. The van der Waals surface area contributed by atoms with Crippen LogP contribution in [0.2, 0.25) is 0 Å². The highest BCUT2D eigenvalue weighted by atomic mass is 16.4. The Morgan fingerprint density at radius 1 is 1.40 bits per heavy atom. The summed E-state index contributed by atoms with van der Waals surface area (Å²) in [5.41, 5.74) is 2.32. The summed E-state index contributed by atoms with van der Waals surface area (Å²) >= 11 is 0. The maximum Gasteiger partial charge on any atom is 0.419 e. The minimum absolute atomic E-state index is 0.0771. The van der Waals surface area contributed by atoms with Crippen LogP contribution in [0, 0.1) is 6.92 Å². The molecule has 7 nitrogen and oxygen atoms in total. The van der Waals surface area contributed by atoms with Gasteiger partial charge in [-0.3, -0.25) is 9.36 Å². The molecule has 1 N–H and O–H groups in total. The number of carbonyl (C=O) groups is 1. The largest absolute Gasteiger partial charge is 0.419 e. The van der Waals surface area contributed by atoms with Crippen LogP contribution in [0.1, 0.15) is 31.4 Å². The van der Waals surface area contributed by atoms with Crippen molar-refractivity contribution < 1.29 is 9.21 Å². The molecule has 0 fully saturated rings. The normalized spacial score (nSPS) is 12.4. The molecular weight excluding hydrogens is 320 g/mol. The summed E-state index contributed by atoms with van der Waals surface area (Å²) in [6, 6.07) is 5.83. The molecule has 0 saturated heterocycles. The quantitative estimate of drug-likeness (QED) is 0.714. The van der Waals surface area contributed by atoms with E-state index < -0.39 is 5.76 Å². The zero-order chi connectivity index (χ0) is 17.8. The van der Waals surface area contributed by atoms with Crippen LogP contribution < -0.4 is 11.1 Å². The molecule has 0 spiro atoms. The molecule has 1 aromatic carbocycles. The molecule has 0 saturated carbocycles. The maximum atomic E-state index is 12.0. The molecule has 25 heavy (non-hydrogen) atoms. The van der Waals surface area contributed by atoms with Gasteiger partial charge < -0.3 is 14.3 Å². The van der Waals surface area contributed by atoms with Gasteiger partial charge in [-0.25, -0.2) is 9.78 Å². The number of carbonyl (C=O) groups excluding carboxylic acids is 1. The lowest BCUT2D eigenvalue weighted by atomic mass is 10.2. The summed E-state index contributed by atoms with van der Waals surface area (Å²) in [5.74, 6) is -0.506. The van der Waals surface area contributed by atoms with Crippen molar-refractivity contribution in [1.82, 2.24) is 19.4 Å². The first-order chi connectivity index (χ1) is 12.0. The molecule has 0 aliphatic rings. The van der Waals surface area contributed by atoms with E-state index in [1.807, 2.05) is 29.8 Å². The van der Waals surface area contributed by atoms with E-state index in [1.165, 1.54) is 4.57 Å². The van der Waals surface area contributed by atoms with E-state index in [9.17, 15) is 9.59 Å². The zero-order valence-corrected chi connectivity index (χ0v) is 14.4. The Morgan fingerprint density at radius 2 is 2.24 bits per heavy atom. The minimum Gasteiger partial charge on any atom is -0.408 e. The van der Waals surface area contributed by atoms with Crippen LogP contribution in [0.5, 0.6) is 0 Å². The molecule has 0 aliphatic carbocycles. The Hall–Kier alpha value is -2.83. The van der Waals surface area contributed by atoms with Crippen molar-refractivity contribution in [3.8, 4) is 0 Å². The molecule has 132 valence electrons. The van der Waals surface area contributed by atoms with Crippen LogP contribution in [0.3, 0.4) is 0 Å². The zero-order valence-electron chi connectivity index (χ0n) is 14.4. The monoisotopic (exact) mass is 342 g/mol. The molecule has 0 radical (unpaired) electrons. The van der Waals surface area contributed by atoms with Crippen LogP contribution in [0.4, 0.5) is 0 Å². The lowest BCUT2D eigenvalue weighted by Crippen LogP contribution is -2.28. The molecule has 3 rings (SSSR count). The number of imidazole rings is 1. The number of aromatic nitrogens is 3. The van der Waals surface area contributed by atoms with Gasteiger partial charge in [0, 0.05) is 37.9 Å². The van der Waals surface area contributed by atoms with Crippen LogP contribution in [0.25, 0.3) is 11.1 Å². The number of rotatable bonds is 7. The Kier molecular flexibility index (Phi) is 5.02. The fourth-order valence-corrected chi connectivity index (χ4v) is 2.79. The summed E-state index contributed by atoms with van der Waals surface area (Å²) in [5, 5.41) is 2.90. The van der Waals surface area contributed by atoms with Gasteiger partial charge in [-0.2, -0.15) is 0 Å². The molecule has 3 aromatic rings. The summed E-state index contributed by atoms with van der Waals surface area (Å²) in [6.07, 6.45) is 6.47. The second-order valence-electron chi connectivity index (χ2n) is 6.24. The molecule has 0 aliphatic heterocycles. The topological polar surface area (TPSA) is 82.1 Å². The average Bonchev–Trinajstić information content (AvgIpc) is 3.20. The fraction of sp³-hybridized carbons (Fsp3) is 0.389. The van der Waals surface area contributed by atoms with Gasteiger partial charge >= 0.3 is 5.76 Å². The van der Waals surface area contributed by atoms with Gasteiger partial charge in [-0.15, -0.1) is 0 Å². The molecule has 7 heteroatoms. The highest BCUT2D eigenvalue weighted by molar-refractivity contribution is 5.77. The molecule has 2 aromatic heterocycles. The number of amides is 1. The second kappa shape index (κ2) is 7.38. The lowest BCUT2D eigenvalue weighted by Gasteiger charge is -2.13. The van der Waals surface area contributed by atoms with Crippen molar-refractivity contribution in [1.29, 1.82) is 0 Å². The first-order valence-electron chi connectivity index (χ1n) is 8.39. The minimum atomic E-state index is -0.429. The molecule has 2 heterocycles. The second-order valence-corrected chi connectivity index (χ2v) is 6.24. The Morgan fingerprint density at radius 3 is 3.00 bits per heavy atom. The Balaban J connectivity index is 1.52. The predicted octanol–water partition coefficient (Wildman–Crippen LogP) is 2.26. The molecule has 0 bridgehead atoms. The van der Waals surface area contributed by atoms with Crippen LogP contribution in [0.15, 0.2) is 46.1 Å². The van der Waals surface area contributed by atoms with Gasteiger partial charge in [-0.05, 0) is 38.0 Å². The highest BCUT2D eigenvalue weighted by Gasteiger charge is 2.11. The number of fused-ring (bicyclic) bond motifs is 1. The molecule has 1 amide bonds. The molecular formula is C18H22N4O3. The summed E-state index contributed by atoms with van der Waals surface area (Å²) in [7, 11) is 0. The van der Waals surface area contributed by atoms with E-state index >= 15 is 0 Å². The van der Waals surface area contributed by atoms with Crippen molar-refractivity contribution >= 4 is 17.0 Å². The highest BCUT2D eigenvalue weighted by Crippen LogP contribution is 2.15. The number of oxazole rings is 1. The van der Waals surface area contributed by atoms with Crippen molar-refractivity contribution in [3.63, 3.8) is 0 Å². The van der Waals surface area contributed by atoms with Crippen molar-refractivity contribution in [3.05, 3.63) is 53.0 Å². The van der Waals surface area contributed by atoms with Crippen LogP contribution in [-0.2, 0) is 11.3 Å². The molecule has 1 atom stereocenters. The van der Waals surface area contributed by atoms with Gasteiger partial charge in [0.2, 0.25) is 5.91 Å². The Labute approximate surface area is 145 Å². The van der Waals surface area contributed by atoms with E-state index in [1.54, 1.807) is 18.6 Å². The summed E-state index contributed by atoms with van der Waals surface area (Å²) in [4.78, 5) is 28.0. The van der Waals surface area contributed by atoms with Gasteiger partial charge in [0.05, 0.1) is 11.8 Å². The van der Waals surface area contributed by atoms with E-state index in [-0.39, 0.29) is 18.4 Å². The third-order valence-electron chi connectivity index (χ3n) is 4.30. The number of hydrogen-bond donors (Lipinski definition) is 1. The van der Waals surface area contributed by atoms with Crippen molar-refractivity contribution in [2.75, 3.05) is 6.54 Å². The average molecular weight is 342 g/mol. The summed E-state index contributed by atoms with van der Waals surface area (Å²) < 4.78 is 8.72. The molecule has 0 unspecified atom stereocenters. The third-order valence-corrected chi connectivity index (χ3v) is 4.30. The first kappa shape index (κ1) is 17.0. The van der Waals surface area contributed by atoms with Crippen LogP contribution in [-0.4, -0.2) is 26.6 Å². The van der Waals surface area contributed by atoms with Crippen LogP contribution >= 0.6 is 0 Å². The number of hydrogen-bond acceptors (Lipinski definition) is 4. The standard InChI is InChI=1S/C18H22N4O3/c1-13-3-4-16-15(11-13)22(18(24)25-16)9-6-17(23)20-7-5-14(2)21-10-8-19-12-21/h3-4,8,10-12,14H,5-7,9H2,1-2H3,(H,20,23)/t14-/m1/s1. The first-order valence-corrected chi connectivity index (χ1v) is 8.39. The van der Waals surface area contributed by atoms with Gasteiger partial charge in [0.25, 0.3) is 0 Å². The number of nitrogens with zero attached hydrogens (tertiary/aromatic N) is 3. The van der Waals surface area contributed by atoms with Crippen molar-refractivity contribution in [2.45, 2.75) is 39.3 Å². The van der Waals surface area contributed by atoms with Gasteiger partial charge in [-0.1, -0.05) is 6.07 Å². The lowest BCUT2D eigenvalue weighted by molar-refractivity contribution is -0.121. The Bertz CT molecular complexity index is 908. The maximum absolute atomic E-state index is 12.0. The number of benzene rings is 1. The summed E-state index contributed by atoms with van der Waals surface area (Å²) in [6.45, 7) is 4.92. The van der Waals surface area contributed by atoms with E-state index in [4.69, 9.17) is 4.42 Å². The van der Waals surface area contributed by atoms with E-state index in [2.05, 4.69) is 17.2 Å². The fourth-order valence-electron chi connectivity index (χ4n) is 2.79. The smallest absolute Gasteiger partial charge is 0.408 e. The predicted molar refractivity (Wildman–Crippen MR) is 94.4 cm³/mol. The van der Waals surface area contributed by atoms with Crippen molar-refractivity contribution in [2.24, 2.45) is 0 Å². The third kappa shape index (κ3) is 3.99. The number of aryl methyl sites for hydroxylation is 2. The van der Waals surface area contributed by atoms with Gasteiger partial charge in [0.1, 0.15) is 0 Å². The number of nitrogens with one attached hydrogen (secondary N) is 1. The van der Waals surface area contributed by atoms with E-state index in [0.717, 1.165) is 17.5 Å². The van der Waals surface area contributed by atoms with E-state index in [0.29, 0.717) is 18.7 Å². The van der Waals surface area contributed by atoms with Gasteiger partial charge in [0.15, 0.2) is 5.58 Å².